The van der Waals surface area contributed by atoms with E-state index in [0.29, 0.717) is 6.61 Å². The molecule has 0 radical (unpaired) electrons. The zero-order valence-corrected chi connectivity index (χ0v) is 12.9. The largest absolute Gasteiger partial charge is 0.383 e. The summed E-state index contributed by atoms with van der Waals surface area (Å²) < 4.78 is 5.03. The maximum absolute atomic E-state index is 6.30. The Morgan fingerprint density at radius 3 is 2.90 bits per heavy atom. The molecule has 1 heterocycles. The van der Waals surface area contributed by atoms with Gasteiger partial charge < -0.3 is 10.1 Å². The first-order valence-corrected chi connectivity index (χ1v) is 7.56. The predicted octanol–water partition coefficient (Wildman–Crippen LogP) is 3.62. The van der Waals surface area contributed by atoms with Crippen LogP contribution in [0.25, 0.3) is 0 Å². The summed E-state index contributed by atoms with van der Waals surface area (Å²) in [6.07, 6.45) is 1.80. The Hall–Kier alpha value is -1.07. The third-order valence-corrected chi connectivity index (χ3v) is 4.12. The normalized spacial score (nSPS) is 10.7. The van der Waals surface area contributed by atoms with Crippen LogP contribution in [0.3, 0.4) is 0 Å². The lowest BCUT2D eigenvalue weighted by molar-refractivity contribution is 0.199. The summed E-state index contributed by atoms with van der Waals surface area (Å²) in [6.45, 7) is 2.21. The summed E-state index contributed by atoms with van der Waals surface area (Å²) in [6, 6.07) is 11.8. The van der Waals surface area contributed by atoms with Crippen molar-refractivity contribution in [3.8, 4) is 0 Å². The molecule has 3 nitrogen and oxygen atoms in total. The molecule has 1 aromatic carbocycles. The molecule has 0 aliphatic carbocycles. The highest BCUT2D eigenvalue weighted by atomic mass is 35.5. The van der Waals surface area contributed by atoms with Gasteiger partial charge in [-0.1, -0.05) is 35.5 Å². The molecule has 0 saturated heterocycles. The molecule has 0 spiro atoms. The zero-order valence-electron chi connectivity index (χ0n) is 11.3. The van der Waals surface area contributed by atoms with E-state index in [0.717, 1.165) is 33.6 Å². The van der Waals surface area contributed by atoms with E-state index in [2.05, 4.69) is 16.4 Å². The molecule has 106 valence electrons. The van der Waals surface area contributed by atoms with E-state index >= 15 is 0 Å². The average molecular weight is 309 g/mol. The van der Waals surface area contributed by atoms with Crippen molar-refractivity contribution in [1.29, 1.82) is 0 Å². The fourth-order valence-electron chi connectivity index (χ4n) is 1.71. The molecule has 0 aliphatic rings. The number of ether oxygens (including phenoxy) is 1. The molecule has 2 aromatic rings. The number of hydrogen-bond donors (Lipinski definition) is 1. The highest BCUT2D eigenvalue weighted by molar-refractivity contribution is 7.99. The van der Waals surface area contributed by atoms with Gasteiger partial charge in [0.15, 0.2) is 0 Å². The van der Waals surface area contributed by atoms with Crippen molar-refractivity contribution in [2.75, 3.05) is 20.3 Å². The van der Waals surface area contributed by atoms with Gasteiger partial charge in [-0.3, -0.25) is 0 Å². The molecule has 0 saturated carbocycles. The van der Waals surface area contributed by atoms with Gasteiger partial charge in [-0.2, -0.15) is 0 Å². The van der Waals surface area contributed by atoms with E-state index in [-0.39, 0.29) is 0 Å². The molecule has 0 amide bonds. The van der Waals surface area contributed by atoms with Gasteiger partial charge in [0, 0.05) is 36.3 Å². The Kier molecular flexibility index (Phi) is 6.33. The number of nitrogens with zero attached hydrogens (tertiary/aromatic N) is 1. The van der Waals surface area contributed by atoms with Crippen molar-refractivity contribution in [3.05, 3.63) is 53.2 Å². The molecular formula is C15H17ClN2OS. The van der Waals surface area contributed by atoms with Crippen LogP contribution in [0.5, 0.6) is 0 Å². The number of methoxy groups -OCH3 is 1. The number of aromatic nitrogens is 1. The SMILES string of the molecule is COCCNCc1c(Cl)cccc1Sc1ccccn1. The molecular weight excluding hydrogens is 292 g/mol. The minimum absolute atomic E-state index is 0.688. The zero-order chi connectivity index (χ0) is 14.2. The Morgan fingerprint density at radius 1 is 1.25 bits per heavy atom. The number of hydrogen-bond acceptors (Lipinski definition) is 4. The summed E-state index contributed by atoms with van der Waals surface area (Å²) in [5.74, 6) is 0. The van der Waals surface area contributed by atoms with Crippen LogP contribution in [0.2, 0.25) is 5.02 Å². The van der Waals surface area contributed by atoms with E-state index in [1.165, 1.54) is 0 Å². The summed E-state index contributed by atoms with van der Waals surface area (Å²) in [7, 11) is 1.69. The van der Waals surface area contributed by atoms with Gasteiger partial charge in [0.25, 0.3) is 0 Å². The first-order chi connectivity index (χ1) is 9.81. The lowest BCUT2D eigenvalue weighted by Gasteiger charge is -2.11. The fraction of sp³-hybridized carbons (Fsp3) is 0.267. The van der Waals surface area contributed by atoms with E-state index in [9.17, 15) is 0 Å². The minimum atomic E-state index is 0.688. The van der Waals surface area contributed by atoms with Crippen molar-refractivity contribution >= 4 is 23.4 Å². The molecule has 0 aliphatic heterocycles. The van der Waals surface area contributed by atoms with Crippen LogP contribution in [0.15, 0.2) is 52.5 Å². The molecule has 0 atom stereocenters. The number of benzene rings is 1. The maximum Gasteiger partial charge on any atom is 0.101 e. The van der Waals surface area contributed by atoms with E-state index in [1.54, 1.807) is 25.1 Å². The number of halogens is 1. The van der Waals surface area contributed by atoms with Gasteiger partial charge in [-0.25, -0.2) is 4.98 Å². The second-order valence-electron chi connectivity index (χ2n) is 4.16. The van der Waals surface area contributed by atoms with Gasteiger partial charge in [0.2, 0.25) is 0 Å². The summed E-state index contributed by atoms with van der Waals surface area (Å²) in [5.41, 5.74) is 1.10. The van der Waals surface area contributed by atoms with Crippen LogP contribution < -0.4 is 5.32 Å². The van der Waals surface area contributed by atoms with Crippen molar-refractivity contribution in [3.63, 3.8) is 0 Å². The van der Waals surface area contributed by atoms with Gasteiger partial charge in [-0.05, 0) is 29.8 Å². The third-order valence-electron chi connectivity index (χ3n) is 2.71. The molecule has 20 heavy (non-hydrogen) atoms. The molecule has 5 heteroatoms. The summed E-state index contributed by atoms with van der Waals surface area (Å²) in [5, 5.41) is 5.07. The minimum Gasteiger partial charge on any atom is -0.383 e. The van der Waals surface area contributed by atoms with Crippen LogP contribution >= 0.6 is 23.4 Å². The number of nitrogens with one attached hydrogen (secondary N) is 1. The molecule has 2 rings (SSSR count). The monoisotopic (exact) mass is 308 g/mol. The Bertz CT molecular complexity index is 537. The molecule has 0 bridgehead atoms. The van der Waals surface area contributed by atoms with Crippen molar-refractivity contribution in [1.82, 2.24) is 10.3 Å². The highest BCUT2D eigenvalue weighted by Gasteiger charge is 2.08. The average Bonchev–Trinajstić information content (AvgIpc) is 2.47. The van der Waals surface area contributed by atoms with Gasteiger partial charge in [0.1, 0.15) is 5.03 Å². The Morgan fingerprint density at radius 2 is 2.15 bits per heavy atom. The quantitative estimate of drug-likeness (QED) is 0.792. The van der Waals surface area contributed by atoms with Gasteiger partial charge in [-0.15, -0.1) is 0 Å². The van der Waals surface area contributed by atoms with Crippen LogP contribution in [0.4, 0.5) is 0 Å². The third kappa shape index (κ3) is 4.49. The number of pyridine rings is 1. The van der Waals surface area contributed by atoms with Crippen molar-refractivity contribution < 1.29 is 4.74 Å². The first kappa shape index (κ1) is 15.3. The lowest BCUT2D eigenvalue weighted by Crippen LogP contribution is -2.19. The van der Waals surface area contributed by atoms with Crippen LogP contribution in [0, 0.1) is 0 Å². The van der Waals surface area contributed by atoms with Crippen LogP contribution in [-0.4, -0.2) is 25.2 Å². The van der Waals surface area contributed by atoms with Crippen molar-refractivity contribution in [2.24, 2.45) is 0 Å². The Balaban J connectivity index is 2.09. The molecule has 0 fully saturated rings. The smallest absolute Gasteiger partial charge is 0.101 e. The second kappa shape index (κ2) is 8.27. The van der Waals surface area contributed by atoms with Crippen molar-refractivity contribution in [2.45, 2.75) is 16.5 Å². The molecule has 1 N–H and O–H groups in total. The fourth-order valence-corrected chi connectivity index (χ4v) is 2.95. The summed E-state index contributed by atoms with van der Waals surface area (Å²) >= 11 is 7.93. The predicted molar refractivity (Wildman–Crippen MR) is 83.4 cm³/mol. The van der Waals surface area contributed by atoms with E-state index in [1.807, 2.05) is 30.3 Å². The Labute approximate surface area is 128 Å². The van der Waals surface area contributed by atoms with E-state index in [4.69, 9.17) is 16.3 Å². The van der Waals surface area contributed by atoms with Gasteiger partial charge in [0.05, 0.1) is 6.61 Å². The molecule has 1 aromatic heterocycles. The molecule has 0 unspecified atom stereocenters. The van der Waals surface area contributed by atoms with E-state index < -0.39 is 0 Å². The van der Waals surface area contributed by atoms with Crippen LogP contribution in [-0.2, 0) is 11.3 Å². The topological polar surface area (TPSA) is 34.1 Å². The lowest BCUT2D eigenvalue weighted by atomic mass is 10.2. The second-order valence-corrected chi connectivity index (χ2v) is 5.63. The highest BCUT2D eigenvalue weighted by Crippen LogP contribution is 2.32. The van der Waals surface area contributed by atoms with Crippen LogP contribution in [0.1, 0.15) is 5.56 Å². The maximum atomic E-state index is 6.30. The standard InChI is InChI=1S/C15H17ClN2OS/c1-19-10-9-17-11-12-13(16)5-4-6-14(12)20-15-7-2-3-8-18-15/h2-8,17H,9-11H2,1H3. The first-order valence-electron chi connectivity index (χ1n) is 6.37. The van der Waals surface area contributed by atoms with Gasteiger partial charge >= 0.3 is 0 Å². The number of rotatable bonds is 7. The summed E-state index contributed by atoms with van der Waals surface area (Å²) in [4.78, 5) is 5.46.